The Labute approximate surface area is 119 Å². The number of piperidine rings is 1. The molecule has 0 bridgehead atoms. The van der Waals surface area contributed by atoms with E-state index in [9.17, 15) is 14.4 Å². The molecular weight excluding hydrogens is 260 g/mol. The maximum absolute atomic E-state index is 12.1. The highest BCUT2D eigenvalue weighted by Gasteiger charge is 2.33. The van der Waals surface area contributed by atoms with Crippen LogP contribution < -0.4 is 5.32 Å². The van der Waals surface area contributed by atoms with E-state index < -0.39 is 11.4 Å². The lowest BCUT2D eigenvalue weighted by molar-refractivity contribution is -0.151. The average molecular weight is 284 g/mol. The van der Waals surface area contributed by atoms with Gasteiger partial charge in [0, 0.05) is 33.0 Å². The first-order chi connectivity index (χ1) is 9.22. The van der Waals surface area contributed by atoms with Crippen molar-refractivity contribution >= 4 is 17.8 Å². The van der Waals surface area contributed by atoms with Crippen LogP contribution in [0.5, 0.6) is 0 Å². The van der Waals surface area contributed by atoms with Crippen molar-refractivity contribution < 1.29 is 19.5 Å². The van der Waals surface area contributed by atoms with Crippen LogP contribution in [-0.4, -0.2) is 47.4 Å². The van der Waals surface area contributed by atoms with E-state index in [-0.39, 0.29) is 18.2 Å². The van der Waals surface area contributed by atoms with Crippen LogP contribution in [0, 0.1) is 11.3 Å². The molecule has 6 nitrogen and oxygen atoms in total. The number of nitrogens with zero attached hydrogens (tertiary/aromatic N) is 1. The number of carbonyl (C=O) groups is 3. The van der Waals surface area contributed by atoms with Gasteiger partial charge in [0.2, 0.25) is 11.8 Å². The summed E-state index contributed by atoms with van der Waals surface area (Å²) >= 11 is 0. The predicted octanol–water partition coefficient (Wildman–Crippen LogP) is 0.862. The number of hydrogen-bond acceptors (Lipinski definition) is 3. The van der Waals surface area contributed by atoms with Crippen molar-refractivity contribution in [2.45, 2.75) is 40.0 Å². The highest BCUT2D eigenvalue weighted by molar-refractivity contribution is 5.84. The number of hydrogen-bond donors (Lipinski definition) is 2. The van der Waals surface area contributed by atoms with Gasteiger partial charge in [0.25, 0.3) is 0 Å². The molecule has 114 valence electrons. The molecule has 0 aliphatic carbocycles. The first-order valence-electron chi connectivity index (χ1n) is 6.98. The monoisotopic (exact) mass is 284 g/mol. The Morgan fingerprint density at radius 3 is 2.25 bits per heavy atom. The summed E-state index contributed by atoms with van der Waals surface area (Å²) in [5.41, 5.74) is -1.02. The number of carboxylic acids is 1. The zero-order valence-electron chi connectivity index (χ0n) is 12.4. The van der Waals surface area contributed by atoms with Crippen LogP contribution in [0.3, 0.4) is 0 Å². The first-order valence-corrected chi connectivity index (χ1v) is 6.98. The van der Waals surface area contributed by atoms with Gasteiger partial charge in [-0.05, 0) is 32.6 Å². The van der Waals surface area contributed by atoms with Crippen LogP contribution in [0.25, 0.3) is 0 Å². The lowest BCUT2D eigenvalue weighted by atomic mass is 9.88. The minimum absolute atomic E-state index is 0.0265. The molecular formula is C14H24N2O4. The maximum Gasteiger partial charge on any atom is 0.309 e. The van der Waals surface area contributed by atoms with E-state index in [0.29, 0.717) is 25.6 Å². The van der Waals surface area contributed by atoms with Gasteiger partial charge < -0.3 is 15.3 Å². The van der Waals surface area contributed by atoms with Crippen molar-refractivity contribution in [3.05, 3.63) is 0 Å². The summed E-state index contributed by atoms with van der Waals surface area (Å²) in [6.07, 6.45) is 1.72. The van der Waals surface area contributed by atoms with Gasteiger partial charge in [-0.1, -0.05) is 0 Å². The fourth-order valence-corrected chi connectivity index (χ4v) is 2.24. The quantitative estimate of drug-likeness (QED) is 0.784. The van der Waals surface area contributed by atoms with Crippen LogP contribution in [-0.2, 0) is 14.4 Å². The second-order valence-corrected chi connectivity index (χ2v) is 6.13. The smallest absolute Gasteiger partial charge is 0.309 e. The first kappa shape index (κ1) is 16.5. The summed E-state index contributed by atoms with van der Waals surface area (Å²) in [5.74, 6) is -0.691. The Hall–Kier alpha value is -1.59. The molecule has 0 radical (unpaired) electrons. The molecule has 1 heterocycles. The van der Waals surface area contributed by atoms with Gasteiger partial charge in [0.05, 0.1) is 5.41 Å². The predicted molar refractivity (Wildman–Crippen MR) is 74.0 cm³/mol. The van der Waals surface area contributed by atoms with Gasteiger partial charge in [-0.25, -0.2) is 0 Å². The lowest BCUT2D eigenvalue weighted by Crippen LogP contribution is -2.43. The molecule has 2 N–H and O–H groups in total. The van der Waals surface area contributed by atoms with Gasteiger partial charge in [-0.15, -0.1) is 0 Å². The SMILES string of the molecule is CC(=O)NCC1CCN(C(=O)CC(C)(C)C(=O)O)CC1. The van der Waals surface area contributed by atoms with Crippen molar-refractivity contribution in [3.63, 3.8) is 0 Å². The van der Waals surface area contributed by atoms with Crippen molar-refractivity contribution in [2.24, 2.45) is 11.3 Å². The number of nitrogens with one attached hydrogen (secondary N) is 1. The summed E-state index contributed by atoms with van der Waals surface area (Å²) in [5, 5.41) is 11.8. The second kappa shape index (κ2) is 6.72. The minimum Gasteiger partial charge on any atom is -0.481 e. The highest BCUT2D eigenvalue weighted by Crippen LogP contribution is 2.24. The van der Waals surface area contributed by atoms with Gasteiger partial charge >= 0.3 is 5.97 Å². The average Bonchev–Trinajstić information content (AvgIpc) is 2.36. The molecule has 1 rings (SSSR count). The molecule has 20 heavy (non-hydrogen) atoms. The van der Waals surface area contributed by atoms with Crippen LogP contribution in [0.1, 0.15) is 40.0 Å². The molecule has 1 saturated heterocycles. The number of carboxylic acid groups (broad SMARTS) is 1. The number of aliphatic carboxylic acids is 1. The molecule has 1 aliphatic heterocycles. The van der Waals surface area contributed by atoms with Gasteiger partial charge in [-0.3, -0.25) is 14.4 Å². The van der Waals surface area contributed by atoms with E-state index in [0.717, 1.165) is 12.8 Å². The van der Waals surface area contributed by atoms with E-state index in [1.807, 2.05) is 0 Å². The van der Waals surface area contributed by atoms with E-state index in [1.165, 1.54) is 6.92 Å². The summed E-state index contributed by atoms with van der Waals surface area (Å²) in [7, 11) is 0. The van der Waals surface area contributed by atoms with Crippen molar-refractivity contribution in [3.8, 4) is 0 Å². The molecule has 0 atom stereocenters. The lowest BCUT2D eigenvalue weighted by Gasteiger charge is -2.33. The summed E-state index contributed by atoms with van der Waals surface area (Å²) in [6, 6.07) is 0. The summed E-state index contributed by atoms with van der Waals surface area (Å²) in [4.78, 5) is 35.7. The van der Waals surface area contributed by atoms with Crippen LogP contribution in [0.4, 0.5) is 0 Å². The molecule has 0 aromatic heterocycles. The third kappa shape index (κ3) is 4.83. The Morgan fingerprint density at radius 2 is 1.80 bits per heavy atom. The van der Waals surface area contributed by atoms with Crippen LogP contribution >= 0.6 is 0 Å². The van der Waals surface area contributed by atoms with Crippen molar-refractivity contribution in [1.29, 1.82) is 0 Å². The molecule has 0 saturated carbocycles. The summed E-state index contributed by atoms with van der Waals surface area (Å²) < 4.78 is 0. The Balaban J connectivity index is 2.39. The fraction of sp³-hybridized carbons (Fsp3) is 0.786. The molecule has 0 spiro atoms. The Kier molecular flexibility index (Phi) is 5.53. The number of likely N-dealkylation sites (tertiary alicyclic amines) is 1. The van der Waals surface area contributed by atoms with Crippen LogP contribution in [0.2, 0.25) is 0 Å². The van der Waals surface area contributed by atoms with Gasteiger partial charge in [-0.2, -0.15) is 0 Å². The Morgan fingerprint density at radius 1 is 1.25 bits per heavy atom. The van der Waals surface area contributed by atoms with E-state index in [4.69, 9.17) is 5.11 Å². The van der Waals surface area contributed by atoms with E-state index >= 15 is 0 Å². The molecule has 1 aliphatic rings. The minimum atomic E-state index is -1.02. The highest BCUT2D eigenvalue weighted by atomic mass is 16.4. The van der Waals surface area contributed by atoms with Gasteiger partial charge in [0.1, 0.15) is 0 Å². The molecule has 1 fully saturated rings. The third-order valence-electron chi connectivity index (χ3n) is 3.78. The Bertz CT molecular complexity index is 385. The number of rotatable bonds is 5. The zero-order valence-corrected chi connectivity index (χ0v) is 12.4. The summed E-state index contributed by atoms with van der Waals surface area (Å²) in [6.45, 7) is 6.55. The van der Waals surface area contributed by atoms with E-state index in [2.05, 4.69) is 5.32 Å². The molecule has 0 aromatic rings. The van der Waals surface area contributed by atoms with Gasteiger partial charge in [0.15, 0.2) is 0 Å². The van der Waals surface area contributed by atoms with Crippen molar-refractivity contribution in [2.75, 3.05) is 19.6 Å². The second-order valence-electron chi connectivity index (χ2n) is 6.13. The topological polar surface area (TPSA) is 86.7 Å². The largest absolute Gasteiger partial charge is 0.481 e. The molecule has 2 amide bonds. The van der Waals surface area contributed by atoms with E-state index in [1.54, 1.807) is 18.7 Å². The van der Waals surface area contributed by atoms with Crippen molar-refractivity contribution in [1.82, 2.24) is 10.2 Å². The zero-order chi connectivity index (χ0) is 15.3. The standard InChI is InChI=1S/C14H24N2O4/c1-10(17)15-9-11-4-6-16(7-5-11)12(18)8-14(2,3)13(19)20/h11H,4-9H2,1-3H3,(H,15,17)(H,19,20). The van der Waals surface area contributed by atoms with Crippen LogP contribution in [0.15, 0.2) is 0 Å². The maximum atomic E-state index is 12.1. The number of carbonyl (C=O) groups excluding carboxylic acids is 2. The molecule has 6 heteroatoms. The fourth-order valence-electron chi connectivity index (χ4n) is 2.24. The number of amides is 2. The molecule has 0 unspecified atom stereocenters. The third-order valence-corrected chi connectivity index (χ3v) is 3.78. The normalized spacial score (nSPS) is 16.9. The molecule has 0 aromatic carbocycles.